The van der Waals surface area contributed by atoms with E-state index in [4.69, 9.17) is 15.5 Å². The number of rotatable bonds is 6. The highest BCUT2D eigenvalue weighted by molar-refractivity contribution is 5.65. The summed E-state index contributed by atoms with van der Waals surface area (Å²) in [5.41, 5.74) is 6.29. The van der Waals surface area contributed by atoms with Gasteiger partial charge in [-0.25, -0.2) is 19.3 Å². The molecule has 0 unspecified atom stereocenters. The Morgan fingerprint density at radius 2 is 2.00 bits per heavy atom. The maximum atomic E-state index is 14.6. The van der Waals surface area contributed by atoms with E-state index >= 15 is 0 Å². The summed E-state index contributed by atoms with van der Waals surface area (Å²) in [6, 6.07) is 3.77. The first-order valence-electron chi connectivity index (χ1n) is 12.1. The number of ether oxygens (including phenoxy) is 2. The average molecular weight is 493 g/mol. The minimum Gasteiger partial charge on any atom is -0.431 e. The lowest BCUT2D eigenvalue weighted by atomic mass is 9.77. The van der Waals surface area contributed by atoms with Gasteiger partial charge in [0.25, 0.3) is 0 Å². The molecule has 1 atom stereocenters. The van der Waals surface area contributed by atoms with Crippen LogP contribution in [0.5, 0.6) is 5.75 Å². The lowest BCUT2D eigenvalue weighted by molar-refractivity contribution is -0.0494. The van der Waals surface area contributed by atoms with Gasteiger partial charge in [0.1, 0.15) is 5.67 Å². The second-order valence-corrected chi connectivity index (χ2v) is 9.87. The lowest BCUT2D eigenvalue weighted by Gasteiger charge is -2.42. The third-order valence-electron chi connectivity index (χ3n) is 7.14. The number of hydrogen-bond donors (Lipinski definition) is 1. The van der Waals surface area contributed by atoms with Crippen molar-refractivity contribution in [3.8, 4) is 17.0 Å². The number of anilines is 2. The van der Waals surface area contributed by atoms with E-state index in [0.717, 1.165) is 51.3 Å². The molecule has 5 rings (SSSR count). The highest BCUT2D eigenvalue weighted by atomic mass is 19.3. The Labute approximate surface area is 202 Å². The first kappa shape index (κ1) is 24.1. The first-order valence-corrected chi connectivity index (χ1v) is 12.1. The zero-order valence-electron chi connectivity index (χ0n) is 19.8. The van der Waals surface area contributed by atoms with Crippen molar-refractivity contribution in [3.63, 3.8) is 0 Å². The van der Waals surface area contributed by atoms with Crippen molar-refractivity contribution in [2.24, 2.45) is 0 Å². The van der Waals surface area contributed by atoms with E-state index in [0.29, 0.717) is 36.2 Å². The van der Waals surface area contributed by atoms with Crippen LogP contribution in [0.3, 0.4) is 0 Å². The van der Waals surface area contributed by atoms with Crippen LogP contribution >= 0.6 is 0 Å². The van der Waals surface area contributed by atoms with Gasteiger partial charge in [0.05, 0.1) is 18.8 Å². The number of pyridine rings is 1. The van der Waals surface area contributed by atoms with Gasteiger partial charge < -0.3 is 20.1 Å². The van der Waals surface area contributed by atoms with Crippen LogP contribution in [0.15, 0.2) is 18.3 Å². The molecule has 0 amide bonds. The van der Waals surface area contributed by atoms with Gasteiger partial charge >= 0.3 is 6.61 Å². The minimum atomic E-state index is -3.02. The monoisotopic (exact) mass is 492 g/mol. The molecule has 2 saturated heterocycles. The topological polar surface area (TPSA) is 89.6 Å². The molecule has 2 aromatic rings. The summed E-state index contributed by atoms with van der Waals surface area (Å²) in [6.07, 6.45) is 4.85. The zero-order valence-corrected chi connectivity index (χ0v) is 19.8. The van der Waals surface area contributed by atoms with Crippen LogP contribution < -0.4 is 15.4 Å². The molecule has 3 fully saturated rings. The second-order valence-electron chi connectivity index (χ2n) is 9.87. The maximum Gasteiger partial charge on any atom is 0.387 e. The van der Waals surface area contributed by atoms with Crippen LogP contribution in [-0.2, 0) is 4.74 Å². The fourth-order valence-electron chi connectivity index (χ4n) is 5.09. The van der Waals surface area contributed by atoms with Crippen molar-refractivity contribution in [2.75, 3.05) is 50.0 Å². The summed E-state index contributed by atoms with van der Waals surface area (Å²) < 4.78 is 50.4. The molecule has 11 heteroatoms. The van der Waals surface area contributed by atoms with E-state index in [2.05, 4.69) is 19.6 Å². The quantitative estimate of drug-likeness (QED) is 0.654. The van der Waals surface area contributed by atoms with Crippen molar-refractivity contribution in [1.82, 2.24) is 19.9 Å². The molecule has 190 valence electrons. The van der Waals surface area contributed by atoms with E-state index in [1.807, 2.05) is 11.0 Å². The number of nitrogens with zero attached hydrogens (tertiary/aromatic N) is 5. The smallest absolute Gasteiger partial charge is 0.387 e. The highest BCUT2D eigenvalue weighted by Gasteiger charge is 2.38. The predicted octanol–water partition coefficient (Wildman–Crippen LogP) is 3.63. The summed E-state index contributed by atoms with van der Waals surface area (Å²) in [5.74, 6) is 0.351. The largest absolute Gasteiger partial charge is 0.431 e. The number of halogens is 3. The van der Waals surface area contributed by atoms with Crippen LogP contribution in [0.2, 0.25) is 0 Å². The van der Waals surface area contributed by atoms with Crippen molar-refractivity contribution in [3.05, 3.63) is 24.0 Å². The van der Waals surface area contributed by atoms with Gasteiger partial charge in [-0.05, 0) is 38.3 Å². The Hall–Kier alpha value is -2.66. The number of nitrogens with two attached hydrogens (primary N) is 1. The third kappa shape index (κ3) is 5.45. The first-order chi connectivity index (χ1) is 16.8. The maximum absolute atomic E-state index is 14.6. The molecule has 2 N–H and O–H groups in total. The van der Waals surface area contributed by atoms with Crippen LogP contribution in [0, 0.1) is 0 Å². The SMILES string of the molecule is C[C@]1(F)CCN(c2nc(-c3cnc(N)c(OC(F)F)c3)cc([C@H]3C[C@@H](N4CCCOCC4)C3)n2)C1. The Morgan fingerprint density at radius 1 is 1.17 bits per heavy atom. The molecule has 3 aliphatic rings. The fourth-order valence-corrected chi connectivity index (χ4v) is 5.09. The summed E-state index contributed by atoms with van der Waals surface area (Å²) >= 11 is 0. The second kappa shape index (κ2) is 9.77. The molecule has 1 saturated carbocycles. The molecular weight excluding hydrogens is 461 g/mol. The van der Waals surface area contributed by atoms with Gasteiger partial charge in [0.15, 0.2) is 11.6 Å². The van der Waals surface area contributed by atoms with Gasteiger partial charge in [-0.1, -0.05) is 0 Å². The van der Waals surface area contributed by atoms with Gasteiger partial charge in [0.2, 0.25) is 5.95 Å². The van der Waals surface area contributed by atoms with E-state index in [1.54, 1.807) is 6.92 Å². The molecule has 8 nitrogen and oxygen atoms in total. The van der Waals surface area contributed by atoms with Gasteiger partial charge in [-0.3, -0.25) is 4.90 Å². The molecule has 1 aliphatic carbocycles. The number of hydrogen-bond acceptors (Lipinski definition) is 8. The average Bonchev–Trinajstić information content (AvgIpc) is 2.96. The van der Waals surface area contributed by atoms with E-state index in [1.165, 1.54) is 12.3 Å². The van der Waals surface area contributed by atoms with Crippen molar-refractivity contribution >= 4 is 11.8 Å². The zero-order chi connectivity index (χ0) is 24.6. The van der Waals surface area contributed by atoms with Crippen molar-refractivity contribution in [1.29, 1.82) is 0 Å². The van der Waals surface area contributed by atoms with Gasteiger partial charge in [0, 0.05) is 62.1 Å². The summed E-state index contributed by atoms with van der Waals surface area (Å²) in [5, 5.41) is 0. The Morgan fingerprint density at radius 3 is 2.74 bits per heavy atom. The molecular formula is C24H31F3N6O2. The highest BCUT2D eigenvalue weighted by Crippen LogP contribution is 2.41. The van der Waals surface area contributed by atoms with Crippen LogP contribution in [-0.4, -0.2) is 77.6 Å². The normalized spacial score (nSPS) is 27.6. The molecule has 2 aliphatic heterocycles. The Balaban J connectivity index is 1.43. The third-order valence-corrected chi connectivity index (χ3v) is 7.14. The molecule has 0 aromatic carbocycles. The van der Waals surface area contributed by atoms with E-state index in [9.17, 15) is 13.2 Å². The predicted molar refractivity (Wildman–Crippen MR) is 125 cm³/mol. The number of alkyl halides is 3. The Kier molecular flexibility index (Phi) is 6.71. The van der Waals surface area contributed by atoms with Gasteiger partial charge in [-0.15, -0.1) is 0 Å². The number of nitrogen functional groups attached to an aromatic ring is 1. The molecule has 2 aromatic heterocycles. The fraction of sp³-hybridized carbons (Fsp3) is 0.625. The van der Waals surface area contributed by atoms with Crippen molar-refractivity contribution in [2.45, 2.75) is 56.8 Å². The van der Waals surface area contributed by atoms with E-state index < -0.39 is 12.3 Å². The minimum absolute atomic E-state index is 0.125. The van der Waals surface area contributed by atoms with Crippen LogP contribution in [0.25, 0.3) is 11.3 Å². The van der Waals surface area contributed by atoms with E-state index in [-0.39, 0.29) is 24.0 Å². The summed E-state index contributed by atoms with van der Waals surface area (Å²) in [6.45, 7) is 2.81. The molecule has 4 heterocycles. The van der Waals surface area contributed by atoms with Crippen molar-refractivity contribution < 1.29 is 22.6 Å². The van der Waals surface area contributed by atoms with Crippen LogP contribution in [0.1, 0.15) is 44.2 Å². The molecule has 0 radical (unpaired) electrons. The summed E-state index contributed by atoms with van der Waals surface area (Å²) in [7, 11) is 0. The standard InChI is InChI=1S/C24H31F3N6O2/c1-24(27)3-5-33(14-24)23-30-18(15-9-17(10-15)32-4-2-7-34-8-6-32)12-19(31-23)16-11-20(35-22(25)26)21(28)29-13-16/h11-13,15,17,22H,2-10,14H2,1H3,(H2,28,29)/t15-,17+,24-/m0/s1. The molecule has 0 bridgehead atoms. The Bertz CT molecular complexity index is 1040. The number of aromatic nitrogens is 3. The lowest BCUT2D eigenvalue weighted by Crippen LogP contribution is -2.45. The van der Waals surface area contributed by atoms with Gasteiger partial charge in [-0.2, -0.15) is 8.78 Å². The van der Waals surface area contributed by atoms with Crippen LogP contribution in [0.4, 0.5) is 24.9 Å². The molecule has 0 spiro atoms. The summed E-state index contributed by atoms with van der Waals surface area (Å²) in [4.78, 5) is 17.8. The molecule has 35 heavy (non-hydrogen) atoms.